The highest BCUT2D eigenvalue weighted by molar-refractivity contribution is 5.68. The molecule has 24 heavy (non-hydrogen) atoms. The number of hydrogen-bond acceptors (Lipinski definition) is 10. The summed E-state index contributed by atoms with van der Waals surface area (Å²) < 4.78 is 24.9. The molecular weight excluding hydrogens is 328 g/mol. The van der Waals surface area contributed by atoms with Crippen molar-refractivity contribution in [2.45, 2.75) is 51.8 Å². The highest BCUT2D eigenvalue weighted by atomic mass is 16.7. The first kappa shape index (κ1) is 19.8. The van der Waals surface area contributed by atoms with Gasteiger partial charge >= 0.3 is 23.9 Å². The van der Waals surface area contributed by atoms with Crippen LogP contribution in [0, 0.1) is 0 Å². The van der Waals surface area contributed by atoms with Crippen molar-refractivity contribution in [2.24, 2.45) is 0 Å². The average Bonchev–Trinajstić information content (AvgIpc) is 2.68. The Labute approximate surface area is 137 Å². The molecule has 0 bridgehead atoms. The minimum absolute atomic E-state index is 0.368. The molecule has 0 amide bonds. The molecule has 1 rings (SSSR count). The van der Waals surface area contributed by atoms with E-state index in [-0.39, 0.29) is 6.61 Å². The van der Waals surface area contributed by atoms with Crippen LogP contribution in [-0.2, 0) is 42.9 Å². The zero-order chi connectivity index (χ0) is 18.5. The molecule has 0 radical (unpaired) electrons. The maximum Gasteiger partial charge on any atom is 0.303 e. The maximum absolute atomic E-state index is 11.3. The normalized spacial score (nSPS) is 28.8. The zero-order valence-corrected chi connectivity index (χ0v) is 13.8. The summed E-state index contributed by atoms with van der Waals surface area (Å²) in [5, 5.41) is 10.6. The highest BCUT2D eigenvalue weighted by Crippen LogP contribution is 2.34. The van der Waals surface area contributed by atoms with E-state index in [4.69, 9.17) is 23.7 Å². The van der Waals surface area contributed by atoms with Crippen molar-refractivity contribution in [1.82, 2.24) is 0 Å². The quantitative estimate of drug-likeness (QED) is 0.473. The first-order valence-electron chi connectivity index (χ1n) is 7.06. The Morgan fingerprint density at radius 2 is 1.46 bits per heavy atom. The van der Waals surface area contributed by atoms with E-state index in [1.54, 1.807) is 0 Å². The Bertz CT molecular complexity index is 516. The van der Waals surface area contributed by atoms with E-state index in [0.717, 1.165) is 27.7 Å². The number of carbonyl (C=O) groups is 4. The summed E-state index contributed by atoms with van der Waals surface area (Å²) in [6.45, 7) is 3.42. The molecular formula is C14H20O10. The van der Waals surface area contributed by atoms with Gasteiger partial charge in [-0.15, -0.1) is 0 Å². The molecule has 10 heteroatoms. The number of rotatable bonds is 6. The van der Waals surface area contributed by atoms with Crippen molar-refractivity contribution in [2.75, 3.05) is 13.2 Å². The molecule has 0 aromatic rings. The Balaban J connectivity index is 3.07. The van der Waals surface area contributed by atoms with Crippen molar-refractivity contribution in [3.05, 3.63) is 0 Å². The second-order valence-electron chi connectivity index (χ2n) is 5.19. The van der Waals surface area contributed by atoms with Crippen molar-refractivity contribution >= 4 is 23.9 Å². The van der Waals surface area contributed by atoms with Crippen LogP contribution in [0.1, 0.15) is 27.7 Å². The van der Waals surface area contributed by atoms with Crippen molar-refractivity contribution < 1.29 is 48.0 Å². The molecule has 0 aromatic heterocycles. The second-order valence-corrected chi connectivity index (χ2v) is 5.19. The van der Waals surface area contributed by atoms with Gasteiger partial charge in [-0.3, -0.25) is 19.2 Å². The number of hydrogen-bond donors (Lipinski definition) is 1. The van der Waals surface area contributed by atoms with Crippen LogP contribution < -0.4 is 0 Å². The van der Waals surface area contributed by atoms with Gasteiger partial charge in [0.25, 0.3) is 0 Å². The molecule has 0 spiro atoms. The Morgan fingerprint density at radius 3 is 1.92 bits per heavy atom. The number of ether oxygens (including phenoxy) is 5. The van der Waals surface area contributed by atoms with Crippen molar-refractivity contribution in [3.8, 4) is 0 Å². The fraction of sp³-hybridized carbons (Fsp3) is 0.714. The van der Waals surface area contributed by atoms with Crippen LogP contribution in [0.2, 0.25) is 0 Å². The molecule has 0 aromatic carbocycles. The third kappa shape index (κ3) is 5.46. The summed E-state index contributed by atoms with van der Waals surface area (Å²) in [4.78, 5) is 44.5. The highest BCUT2D eigenvalue weighted by Gasteiger charge is 2.59. The third-order valence-electron chi connectivity index (χ3n) is 2.99. The van der Waals surface area contributed by atoms with Crippen LogP contribution in [0.5, 0.6) is 0 Å². The fourth-order valence-corrected chi connectivity index (χ4v) is 2.16. The predicted molar refractivity (Wildman–Crippen MR) is 74.2 cm³/mol. The standard InChI is InChI=1S/C14H20O10/c1-7(15)20-5-11-12(22-9(3)17)13(23-10(4)18)14(19,24-11)6-21-8(2)16/h11-13,19H,5-6H2,1-4H3/t11-,12-,13+,14?/m1/s1. The molecule has 136 valence electrons. The molecule has 0 saturated carbocycles. The Morgan fingerprint density at radius 1 is 0.917 bits per heavy atom. The molecule has 4 atom stereocenters. The van der Waals surface area contributed by atoms with E-state index in [0.29, 0.717) is 0 Å². The first-order valence-corrected chi connectivity index (χ1v) is 7.06. The summed E-state index contributed by atoms with van der Waals surface area (Å²) in [7, 11) is 0. The summed E-state index contributed by atoms with van der Waals surface area (Å²) in [6, 6.07) is 0. The van der Waals surface area contributed by atoms with Crippen LogP contribution in [0.4, 0.5) is 0 Å². The number of aliphatic hydroxyl groups is 1. The van der Waals surface area contributed by atoms with Crippen LogP contribution in [0.15, 0.2) is 0 Å². The maximum atomic E-state index is 11.3. The lowest BCUT2D eigenvalue weighted by molar-refractivity contribution is -0.257. The SMILES string of the molecule is CC(=O)OC[C@H]1OC(O)(COC(C)=O)[C@@H](OC(C)=O)[C@@H]1OC(C)=O. The van der Waals surface area contributed by atoms with Crippen molar-refractivity contribution in [1.29, 1.82) is 0 Å². The van der Waals surface area contributed by atoms with Gasteiger partial charge in [0.2, 0.25) is 5.79 Å². The molecule has 0 aliphatic carbocycles. The first-order chi connectivity index (χ1) is 11.0. The van der Waals surface area contributed by atoms with Crippen molar-refractivity contribution in [3.63, 3.8) is 0 Å². The van der Waals surface area contributed by atoms with E-state index in [9.17, 15) is 24.3 Å². The van der Waals surface area contributed by atoms with Gasteiger partial charge in [0.05, 0.1) is 0 Å². The van der Waals surface area contributed by atoms with Gasteiger partial charge in [0.1, 0.15) is 19.3 Å². The smallest absolute Gasteiger partial charge is 0.303 e. The summed E-state index contributed by atoms with van der Waals surface area (Å²) >= 11 is 0. The Hall–Kier alpha value is -2.20. The molecule has 1 unspecified atom stereocenters. The molecule has 1 aliphatic rings. The molecule has 1 heterocycles. The third-order valence-corrected chi connectivity index (χ3v) is 2.99. The van der Waals surface area contributed by atoms with Gasteiger partial charge in [0.15, 0.2) is 12.2 Å². The number of esters is 4. The van der Waals surface area contributed by atoms with Crippen LogP contribution in [0.25, 0.3) is 0 Å². The van der Waals surface area contributed by atoms with E-state index in [1.165, 1.54) is 0 Å². The lowest BCUT2D eigenvalue weighted by Gasteiger charge is -2.28. The van der Waals surface area contributed by atoms with Gasteiger partial charge in [-0.2, -0.15) is 0 Å². The van der Waals surface area contributed by atoms with E-state index in [2.05, 4.69) is 0 Å². The summed E-state index contributed by atoms with van der Waals surface area (Å²) in [5.74, 6) is -5.11. The fourth-order valence-electron chi connectivity index (χ4n) is 2.16. The van der Waals surface area contributed by atoms with Gasteiger partial charge in [0, 0.05) is 27.7 Å². The largest absolute Gasteiger partial charge is 0.463 e. The predicted octanol–water partition coefficient (Wildman–Crippen LogP) is -0.937. The summed E-state index contributed by atoms with van der Waals surface area (Å²) in [5.41, 5.74) is 0. The minimum Gasteiger partial charge on any atom is -0.463 e. The lowest BCUT2D eigenvalue weighted by atomic mass is 10.1. The monoisotopic (exact) mass is 348 g/mol. The molecule has 1 aliphatic heterocycles. The van der Waals surface area contributed by atoms with Crippen LogP contribution in [0.3, 0.4) is 0 Å². The molecule has 10 nitrogen and oxygen atoms in total. The minimum atomic E-state index is -2.26. The van der Waals surface area contributed by atoms with E-state index in [1.807, 2.05) is 0 Å². The topological polar surface area (TPSA) is 135 Å². The van der Waals surface area contributed by atoms with E-state index < -0.39 is 54.6 Å². The molecule has 1 saturated heterocycles. The molecule has 1 fully saturated rings. The van der Waals surface area contributed by atoms with Gasteiger partial charge in [-0.05, 0) is 0 Å². The Kier molecular flexibility index (Phi) is 6.67. The van der Waals surface area contributed by atoms with E-state index >= 15 is 0 Å². The van der Waals surface area contributed by atoms with Gasteiger partial charge < -0.3 is 28.8 Å². The zero-order valence-electron chi connectivity index (χ0n) is 13.8. The van der Waals surface area contributed by atoms with Crippen LogP contribution in [-0.4, -0.2) is 66.3 Å². The van der Waals surface area contributed by atoms with Gasteiger partial charge in [-0.1, -0.05) is 0 Å². The lowest BCUT2D eigenvalue weighted by Crippen LogP contribution is -2.50. The average molecular weight is 348 g/mol. The molecule has 1 N–H and O–H groups in total. The van der Waals surface area contributed by atoms with Gasteiger partial charge in [-0.25, -0.2) is 0 Å². The van der Waals surface area contributed by atoms with Crippen LogP contribution >= 0.6 is 0 Å². The second kappa shape index (κ2) is 8.06. The number of carbonyl (C=O) groups excluding carboxylic acids is 4. The summed E-state index contributed by atoms with van der Waals surface area (Å²) in [6.07, 6.45) is -3.85.